The summed E-state index contributed by atoms with van der Waals surface area (Å²) in [5.74, 6) is -1.05. The Labute approximate surface area is 100 Å². The van der Waals surface area contributed by atoms with Crippen molar-refractivity contribution in [3.8, 4) is 0 Å². The molecule has 0 saturated carbocycles. The van der Waals surface area contributed by atoms with Gasteiger partial charge in [0.2, 0.25) is 0 Å². The number of aliphatic carboxylic acids is 1. The van der Waals surface area contributed by atoms with Crippen LogP contribution in [0.3, 0.4) is 0 Å². The molecule has 0 aromatic rings. The molecule has 3 N–H and O–H groups in total. The van der Waals surface area contributed by atoms with Gasteiger partial charge in [0.15, 0.2) is 0 Å². The van der Waals surface area contributed by atoms with Crippen LogP contribution in [-0.2, 0) is 9.53 Å². The van der Waals surface area contributed by atoms with Crippen molar-refractivity contribution in [1.29, 1.82) is 0 Å². The van der Waals surface area contributed by atoms with Crippen molar-refractivity contribution in [3.63, 3.8) is 0 Å². The minimum Gasteiger partial charge on any atom is -0.480 e. The number of nitrogens with one attached hydrogen (secondary N) is 2. The lowest BCUT2D eigenvalue weighted by Gasteiger charge is -2.17. The third-order valence-corrected chi connectivity index (χ3v) is 2.56. The first-order chi connectivity index (χ1) is 8.13. The fourth-order valence-corrected chi connectivity index (χ4v) is 1.61. The van der Waals surface area contributed by atoms with Crippen molar-refractivity contribution < 1.29 is 19.4 Å². The van der Waals surface area contributed by atoms with E-state index >= 15 is 0 Å². The summed E-state index contributed by atoms with van der Waals surface area (Å²) in [6.45, 7) is 0.294. The summed E-state index contributed by atoms with van der Waals surface area (Å²) in [5, 5.41) is 14.0. The van der Waals surface area contributed by atoms with Gasteiger partial charge in [-0.15, -0.1) is 0 Å². The zero-order valence-electron chi connectivity index (χ0n) is 9.81. The third kappa shape index (κ3) is 4.86. The second kappa shape index (κ2) is 6.90. The van der Waals surface area contributed by atoms with Crippen LogP contribution < -0.4 is 10.6 Å². The minimum atomic E-state index is -1.05. The van der Waals surface area contributed by atoms with E-state index in [1.165, 1.54) is 7.11 Å². The number of amides is 2. The summed E-state index contributed by atoms with van der Waals surface area (Å²) < 4.78 is 4.79. The molecule has 0 aromatic heterocycles. The number of urea groups is 1. The molecular weight excluding hydrogens is 224 g/mol. The largest absolute Gasteiger partial charge is 0.480 e. The molecule has 0 spiro atoms. The minimum absolute atomic E-state index is 0.0758. The number of methoxy groups -OCH3 is 1. The number of rotatable bonds is 6. The number of carboxylic acids is 1. The second-order valence-corrected chi connectivity index (χ2v) is 3.93. The lowest BCUT2D eigenvalue weighted by atomic mass is 10.2. The number of ether oxygens (including phenoxy) is 1. The van der Waals surface area contributed by atoms with Gasteiger partial charge in [0.1, 0.15) is 6.04 Å². The van der Waals surface area contributed by atoms with Gasteiger partial charge in [0.05, 0.1) is 0 Å². The van der Waals surface area contributed by atoms with E-state index in [-0.39, 0.29) is 12.5 Å². The standard InChI is InChI=1S/C11H18N2O4/c1-17-7-6-9(10(14)15)13-11(16)12-8-4-2-3-5-8/h2-3,8-9H,4-7H2,1H3,(H,14,15)(H2,12,13,16). The van der Waals surface area contributed by atoms with Crippen LogP contribution in [0.25, 0.3) is 0 Å². The first kappa shape index (κ1) is 13.5. The summed E-state index contributed by atoms with van der Waals surface area (Å²) >= 11 is 0. The Balaban J connectivity index is 2.32. The molecule has 6 nitrogen and oxygen atoms in total. The first-order valence-electron chi connectivity index (χ1n) is 5.57. The molecular formula is C11H18N2O4. The van der Waals surface area contributed by atoms with Crippen LogP contribution in [0.15, 0.2) is 12.2 Å². The molecule has 1 atom stereocenters. The normalized spacial score (nSPS) is 16.8. The topological polar surface area (TPSA) is 87.7 Å². The van der Waals surface area contributed by atoms with Crippen molar-refractivity contribution in [2.45, 2.75) is 31.3 Å². The fraction of sp³-hybridized carbons (Fsp3) is 0.636. The van der Waals surface area contributed by atoms with E-state index in [1.807, 2.05) is 12.2 Å². The van der Waals surface area contributed by atoms with Crippen LogP contribution >= 0.6 is 0 Å². The summed E-state index contributed by atoms with van der Waals surface area (Å²) in [4.78, 5) is 22.4. The number of carboxylic acid groups (broad SMARTS) is 1. The zero-order chi connectivity index (χ0) is 12.7. The third-order valence-electron chi connectivity index (χ3n) is 2.56. The fourth-order valence-electron chi connectivity index (χ4n) is 1.61. The van der Waals surface area contributed by atoms with Crippen LogP contribution in [0.5, 0.6) is 0 Å². The van der Waals surface area contributed by atoms with E-state index in [0.29, 0.717) is 6.61 Å². The van der Waals surface area contributed by atoms with Gasteiger partial charge in [-0.05, 0) is 12.8 Å². The Kier molecular flexibility index (Phi) is 5.48. The lowest BCUT2D eigenvalue weighted by molar-refractivity contribution is -0.139. The van der Waals surface area contributed by atoms with Crippen molar-refractivity contribution in [3.05, 3.63) is 12.2 Å². The van der Waals surface area contributed by atoms with Gasteiger partial charge in [0, 0.05) is 26.2 Å². The molecule has 0 aliphatic heterocycles. The van der Waals surface area contributed by atoms with Crippen LogP contribution in [0.4, 0.5) is 4.79 Å². The second-order valence-electron chi connectivity index (χ2n) is 3.93. The molecule has 6 heteroatoms. The quantitative estimate of drug-likeness (QED) is 0.592. The van der Waals surface area contributed by atoms with Crippen LogP contribution in [0.2, 0.25) is 0 Å². The number of carbonyl (C=O) groups excluding carboxylic acids is 1. The molecule has 0 heterocycles. The lowest BCUT2D eigenvalue weighted by Crippen LogP contribution is -2.48. The smallest absolute Gasteiger partial charge is 0.326 e. The maximum absolute atomic E-state index is 11.5. The van der Waals surface area contributed by atoms with Gasteiger partial charge < -0.3 is 20.5 Å². The highest BCUT2D eigenvalue weighted by Gasteiger charge is 2.21. The summed E-state index contributed by atoms with van der Waals surface area (Å²) in [6, 6.07) is -1.28. The van der Waals surface area contributed by atoms with E-state index < -0.39 is 18.0 Å². The molecule has 17 heavy (non-hydrogen) atoms. The maximum atomic E-state index is 11.5. The Morgan fingerprint density at radius 3 is 2.65 bits per heavy atom. The average Bonchev–Trinajstić information content (AvgIpc) is 2.76. The number of carbonyl (C=O) groups is 2. The van der Waals surface area contributed by atoms with E-state index in [0.717, 1.165) is 12.8 Å². The monoisotopic (exact) mass is 242 g/mol. The van der Waals surface area contributed by atoms with E-state index in [1.54, 1.807) is 0 Å². The average molecular weight is 242 g/mol. The van der Waals surface area contributed by atoms with Crippen molar-refractivity contribution >= 4 is 12.0 Å². The van der Waals surface area contributed by atoms with E-state index in [4.69, 9.17) is 9.84 Å². The van der Waals surface area contributed by atoms with Crippen LogP contribution in [-0.4, -0.2) is 42.9 Å². The molecule has 96 valence electrons. The molecule has 0 aromatic carbocycles. The molecule has 1 rings (SSSR count). The molecule has 2 amide bonds. The number of hydrogen-bond acceptors (Lipinski definition) is 3. The molecule has 0 bridgehead atoms. The first-order valence-corrected chi connectivity index (χ1v) is 5.57. The zero-order valence-corrected chi connectivity index (χ0v) is 9.81. The summed E-state index contributed by atoms with van der Waals surface area (Å²) in [7, 11) is 1.49. The van der Waals surface area contributed by atoms with Crippen molar-refractivity contribution in [2.75, 3.05) is 13.7 Å². The Hall–Kier alpha value is -1.56. The van der Waals surface area contributed by atoms with Crippen molar-refractivity contribution in [1.82, 2.24) is 10.6 Å². The van der Waals surface area contributed by atoms with Gasteiger partial charge in [0.25, 0.3) is 0 Å². The Morgan fingerprint density at radius 2 is 2.12 bits per heavy atom. The molecule has 0 fully saturated rings. The molecule has 0 radical (unpaired) electrons. The highest BCUT2D eigenvalue weighted by atomic mass is 16.5. The molecule has 1 aliphatic carbocycles. The van der Waals surface area contributed by atoms with Crippen LogP contribution in [0.1, 0.15) is 19.3 Å². The van der Waals surface area contributed by atoms with Gasteiger partial charge in [-0.25, -0.2) is 9.59 Å². The highest BCUT2D eigenvalue weighted by molar-refractivity contribution is 5.82. The van der Waals surface area contributed by atoms with Gasteiger partial charge in [-0.3, -0.25) is 0 Å². The van der Waals surface area contributed by atoms with Gasteiger partial charge >= 0.3 is 12.0 Å². The van der Waals surface area contributed by atoms with Crippen molar-refractivity contribution in [2.24, 2.45) is 0 Å². The highest BCUT2D eigenvalue weighted by Crippen LogP contribution is 2.08. The predicted octanol–water partition coefficient (Wildman–Crippen LogP) is 0.494. The van der Waals surface area contributed by atoms with E-state index in [2.05, 4.69) is 10.6 Å². The molecule has 1 unspecified atom stereocenters. The van der Waals surface area contributed by atoms with Crippen LogP contribution in [0, 0.1) is 0 Å². The SMILES string of the molecule is COCCC(NC(=O)NC1CC=CC1)C(=O)O. The summed E-state index contributed by atoms with van der Waals surface area (Å²) in [6.07, 6.45) is 5.82. The predicted molar refractivity (Wildman–Crippen MR) is 61.7 cm³/mol. The molecule has 1 aliphatic rings. The Bertz CT molecular complexity index is 296. The molecule has 0 saturated heterocycles. The number of hydrogen-bond donors (Lipinski definition) is 3. The summed E-state index contributed by atoms with van der Waals surface area (Å²) in [5.41, 5.74) is 0. The van der Waals surface area contributed by atoms with Gasteiger partial charge in [-0.2, -0.15) is 0 Å². The van der Waals surface area contributed by atoms with E-state index in [9.17, 15) is 9.59 Å². The van der Waals surface area contributed by atoms with Gasteiger partial charge in [-0.1, -0.05) is 12.2 Å². The maximum Gasteiger partial charge on any atom is 0.326 e. The Morgan fingerprint density at radius 1 is 1.47 bits per heavy atom.